The van der Waals surface area contributed by atoms with Crippen LogP contribution in [0.5, 0.6) is 5.75 Å². The highest BCUT2D eigenvalue weighted by molar-refractivity contribution is 5.64. The summed E-state index contributed by atoms with van der Waals surface area (Å²) in [6.07, 6.45) is 2.85. The van der Waals surface area contributed by atoms with Crippen LogP contribution in [0.15, 0.2) is 30.5 Å². The van der Waals surface area contributed by atoms with Crippen LogP contribution in [0.1, 0.15) is 32.8 Å². The van der Waals surface area contributed by atoms with Crippen molar-refractivity contribution in [3.8, 4) is 17.0 Å². The highest BCUT2D eigenvalue weighted by atomic mass is 16.5. The molecule has 0 spiro atoms. The van der Waals surface area contributed by atoms with E-state index in [1.165, 1.54) is 0 Å². The lowest BCUT2D eigenvalue weighted by Gasteiger charge is -2.18. The van der Waals surface area contributed by atoms with Crippen molar-refractivity contribution in [1.29, 1.82) is 0 Å². The summed E-state index contributed by atoms with van der Waals surface area (Å²) in [6.45, 7) is 8.13. The fourth-order valence-electron chi connectivity index (χ4n) is 2.32. The first-order valence-corrected chi connectivity index (χ1v) is 8.00. The summed E-state index contributed by atoms with van der Waals surface area (Å²) < 4.78 is 7.33. The Morgan fingerprint density at radius 2 is 2.09 bits per heavy atom. The second kappa shape index (κ2) is 7.62. The van der Waals surface area contributed by atoms with Crippen molar-refractivity contribution in [2.24, 2.45) is 0 Å². The van der Waals surface area contributed by atoms with E-state index in [9.17, 15) is 0 Å². The van der Waals surface area contributed by atoms with Crippen molar-refractivity contribution in [1.82, 2.24) is 15.1 Å². The largest absolute Gasteiger partial charge is 0.497 e. The maximum Gasteiger partial charge on any atom is 0.119 e. The van der Waals surface area contributed by atoms with E-state index < -0.39 is 0 Å². The van der Waals surface area contributed by atoms with Crippen molar-refractivity contribution < 1.29 is 9.84 Å². The molecule has 0 atom stereocenters. The molecule has 0 aliphatic heterocycles. The molecule has 2 rings (SSSR count). The minimum Gasteiger partial charge on any atom is -0.497 e. The molecule has 0 saturated heterocycles. The van der Waals surface area contributed by atoms with Gasteiger partial charge in [-0.15, -0.1) is 0 Å². The normalized spacial score (nSPS) is 11.7. The number of ether oxygens (including phenoxy) is 1. The van der Waals surface area contributed by atoms with Crippen LogP contribution < -0.4 is 10.1 Å². The van der Waals surface area contributed by atoms with E-state index in [0.29, 0.717) is 0 Å². The van der Waals surface area contributed by atoms with Gasteiger partial charge >= 0.3 is 0 Å². The van der Waals surface area contributed by atoms with E-state index in [2.05, 4.69) is 38.4 Å². The summed E-state index contributed by atoms with van der Waals surface area (Å²) in [5.74, 6) is 0.826. The van der Waals surface area contributed by atoms with Crippen LogP contribution in [-0.4, -0.2) is 35.1 Å². The smallest absolute Gasteiger partial charge is 0.119 e. The lowest BCUT2D eigenvalue weighted by Crippen LogP contribution is -2.22. The van der Waals surface area contributed by atoms with Crippen molar-refractivity contribution in [3.05, 3.63) is 36.0 Å². The molecule has 0 saturated carbocycles. The van der Waals surface area contributed by atoms with Gasteiger partial charge in [0.2, 0.25) is 0 Å². The van der Waals surface area contributed by atoms with Crippen molar-refractivity contribution in [3.63, 3.8) is 0 Å². The Labute approximate surface area is 138 Å². The van der Waals surface area contributed by atoms with Gasteiger partial charge in [0, 0.05) is 30.5 Å². The first kappa shape index (κ1) is 17.5. The highest BCUT2D eigenvalue weighted by Crippen LogP contribution is 2.27. The highest BCUT2D eigenvalue weighted by Gasteiger charge is 2.19. The number of benzene rings is 1. The summed E-state index contributed by atoms with van der Waals surface area (Å²) in [7, 11) is 1.67. The Kier molecular flexibility index (Phi) is 5.80. The maximum absolute atomic E-state index is 8.89. The van der Waals surface area contributed by atoms with Crippen LogP contribution in [-0.2, 0) is 12.1 Å². The van der Waals surface area contributed by atoms with Gasteiger partial charge < -0.3 is 15.2 Å². The lowest BCUT2D eigenvalue weighted by molar-refractivity contribution is 0.286. The molecule has 1 heterocycles. The molecule has 5 nitrogen and oxygen atoms in total. The molecule has 0 fully saturated rings. The number of aliphatic hydroxyl groups is 1. The molecule has 5 heteroatoms. The fraction of sp³-hybridized carbons (Fsp3) is 0.500. The molecule has 0 aliphatic carbocycles. The van der Waals surface area contributed by atoms with Crippen molar-refractivity contribution in [2.45, 2.75) is 39.3 Å². The number of hydrogen-bond acceptors (Lipinski definition) is 4. The number of aromatic nitrogens is 2. The third kappa shape index (κ3) is 4.56. The molecular formula is C18H27N3O2. The molecular weight excluding hydrogens is 290 g/mol. The van der Waals surface area contributed by atoms with E-state index in [1.807, 2.05) is 22.9 Å². The van der Waals surface area contributed by atoms with E-state index in [-0.39, 0.29) is 12.1 Å². The van der Waals surface area contributed by atoms with Gasteiger partial charge in [-0.1, -0.05) is 12.1 Å². The quantitative estimate of drug-likeness (QED) is 0.771. The van der Waals surface area contributed by atoms with E-state index in [0.717, 1.165) is 42.1 Å². The molecule has 2 N–H and O–H groups in total. The van der Waals surface area contributed by atoms with Gasteiger partial charge in [0.25, 0.3) is 0 Å². The Morgan fingerprint density at radius 3 is 2.74 bits per heavy atom. The number of rotatable bonds is 7. The van der Waals surface area contributed by atoms with Crippen LogP contribution in [0.3, 0.4) is 0 Å². The molecule has 0 amide bonds. The zero-order valence-electron chi connectivity index (χ0n) is 14.5. The third-order valence-electron chi connectivity index (χ3n) is 3.65. The van der Waals surface area contributed by atoms with Crippen LogP contribution >= 0.6 is 0 Å². The second-order valence-electron chi connectivity index (χ2n) is 6.60. The number of hydrogen-bond donors (Lipinski definition) is 2. The molecule has 23 heavy (non-hydrogen) atoms. The molecule has 0 aliphatic rings. The average molecular weight is 317 g/mol. The molecule has 0 bridgehead atoms. The molecule has 2 aromatic rings. The summed E-state index contributed by atoms with van der Waals surface area (Å²) in [5, 5.41) is 17.1. The zero-order chi connectivity index (χ0) is 16.9. The van der Waals surface area contributed by atoms with Gasteiger partial charge in [-0.05, 0) is 45.9 Å². The standard InChI is InChI=1S/C18H27N3O2/c1-18(2,3)21-13-15(12-19-9-6-10-22)17(20-21)14-7-5-8-16(11-14)23-4/h5,7-8,11,13,19,22H,6,9-10,12H2,1-4H3. The third-order valence-corrected chi connectivity index (χ3v) is 3.65. The Hall–Kier alpha value is -1.85. The number of aliphatic hydroxyl groups excluding tert-OH is 1. The molecule has 1 aromatic heterocycles. The second-order valence-corrected chi connectivity index (χ2v) is 6.60. The Morgan fingerprint density at radius 1 is 1.30 bits per heavy atom. The number of nitrogens with zero attached hydrogens (tertiary/aromatic N) is 2. The minimum absolute atomic E-state index is 0.0725. The predicted octanol–water partition coefficient (Wildman–Crippen LogP) is 2.79. The van der Waals surface area contributed by atoms with Crippen molar-refractivity contribution >= 4 is 0 Å². The summed E-state index contributed by atoms with van der Waals surface area (Å²) in [6, 6.07) is 7.97. The zero-order valence-corrected chi connectivity index (χ0v) is 14.5. The summed E-state index contributed by atoms with van der Waals surface area (Å²) >= 11 is 0. The molecule has 0 unspecified atom stereocenters. The lowest BCUT2D eigenvalue weighted by atomic mass is 10.1. The van der Waals surface area contributed by atoms with Gasteiger partial charge in [0.15, 0.2) is 0 Å². The van der Waals surface area contributed by atoms with Crippen LogP contribution in [0, 0.1) is 0 Å². The predicted molar refractivity (Wildman–Crippen MR) is 92.6 cm³/mol. The SMILES string of the molecule is COc1cccc(-c2nn(C(C)(C)C)cc2CNCCCO)c1. The molecule has 126 valence electrons. The Balaban J connectivity index is 2.32. The average Bonchev–Trinajstić information content (AvgIpc) is 2.96. The molecule has 1 aromatic carbocycles. The van der Waals surface area contributed by atoms with Gasteiger partial charge in [0.05, 0.1) is 18.3 Å². The van der Waals surface area contributed by atoms with Gasteiger partial charge in [-0.3, -0.25) is 4.68 Å². The van der Waals surface area contributed by atoms with Crippen LogP contribution in [0.25, 0.3) is 11.3 Å². The number of methoxy groups -OCH3 is 1. The Bertz CT molecular complexity index is 629. The first-order valence-electron chi connectivity index (χ1n) is 8.00. The number of nitrogens with one attached hydrogen (secondary N) is 1. The summed E-state index contributed by atoms with van der Waals surface area (Å²) in [4.78, 5) is 0. The minimum atomic E-state index is -0.0725. The van der Waals surface area contributed by atoms with Gasteiger partial charge in [-0.2, -0.15) is 5.10 Å². The fourth-order valence-corrected chi connectivity index (χ4v) is 2.32. The van der Waals surface area contributed by atoms with E-state index >= 15 is 0 Å². The van der Waals surface area contributed by atoms with Crippen LogP contribution in [0.4, 0.5) is 0 Å². The monoisotopic (exact) mass is 317 g/mol. The topological polar surface area (TPSA) is 59.3 Å². The van der Waals surface area contributed by atoms with Crippen molar-refractivity contribution in [2.75, 3.05) is 20.3 Å². The maximum atomic E-state index is 8.89. The van der Waals surface area contributed by atoms with Gasteiger partial charge in [0.1, 0.15) is 5.75 Å². The summed E-state index contributed by atoms with van der Waals surface area (Å²) in [5.41, 5.74) is 3.09. The molecule has 0 radical (unpaired) electrons. The van der Waals surface area contributed by atoms with E-state index in [1.54, 1.807) is 7.11 Å². The van der Waals surface area contributed by atoms with Crippen LogP contribution in [0.2, 0.25) is 0 Å². The first-order chi connectivity index (χ1) is 11.0. The van der Waals surface area contributed by atoms with E-state index in [4.69, 9.17) is 14.9 Å². The van der Waals surface area contributed by atoms with Gasteiger partial charge in [-0.25, -0.2) is 0 Å².